The number of nitrogens with zero attached hydrogens (tertiary/aromatic N) is 2. The summed E-state index contributed by atoms with van der Waals surface area (Å²) in [5, 5.41) is 14.5. The van der Waals surface area contributed by atoms with Crippen molar-refractivity contribution in [3.8, 4) is 5.69 Å². The summed E-state index contributed by atoms with van der Waals surface area (Å²) in [4.78, 5) is 0. The van der Waals surface area contributed by atoms with E-state index in [4.69, 9.17) is 11.6 Å². The topological polar surface area (TPSA) is 38.1 Å². The zero-order chi connectivity index (χ0) is 14.1. The molecule has 1 aliphatic carbocycles. The van der Waals surface area contributed by atoms with Gasteiger partial charge < -0.3 is 5.11 Å². The summed E-state index contributed by atoms with van der Waals surface area (Å²) in [6.07, 6.45) is 4.56. The van der Waals surface area contributed by atoms with Crippen LogP contribution in [0.4, 0.5) is 4.39 Å². The maximum atomic E-state index is 13.0. The van der Waals surface area contributed by atoms with Crippen molar-refractivity contribution in [3.05, 3.63) is 46.5 Å². The maximum Gasteiger partial charge on any atom is 0.138 e. The van der Waals surface area contributed by atoms with Crippen molar-refractivity contribution in [2.75, 3.05) is 0 Å². The van der Waals surface area contributed by atoms with E-state index in [1.807, 2.05) is 0 Å². The van der Waals surface area contributed by atoms with E-state index in [1.54, 1.807) is 16.8 Å². The average molecular weight is 295 g/mol. The first-order valence-corrected chi connectivity index (χ1v) is 7.22. The molecule has 1 heterocycles. The predicted octanol–water partition coefficient (Wildman–Crippen LogP) is 3.81. The molecule has 0 radical (unpaired) electrons. The predicted molar refractivity (Wildman–Crippen MR) is 75.7 cm³/mol. The molecular weight excluding hydrogens is 279 g/mol. The fourth-order valence-electron chi connectivity index (χ4n) is 2.87. The van der Waals surface area contributed by atoms with Crippen molar-refractivity contribution < 1.29 is 9.50 Å². The zero-order valence-electron chi connectivity index (χ0n) is 11.0. The Labute approximate surface area is 122 Å². The van der Waals surface area contributed by atoms with Crippen molar-refractivity contribution in [2.45, 2.75) is 38.2 Å². The third-order valence-electron chi connectivity index (χ3n) is 3.92. The first kappa shape index (κ1) is 13.6. The molecule has 20 heavy (non-hydrogen) atoms. The van der Waals surface area contributed by atoms with Crippen molar-refractivity contribution in [1.29, 1.82) is 0 Å². The second-order valence-corrected chi connectivity index (χ2v) is 5.54. The number of hydrogen-bond donors (Lipinski definition) is 1. The second-order valence-electron chi connectivity index (χ2n) is 5.18. The van der Waals surface area contributed by atoms with Crippen molar-refractivity contribution >= 4 is 11.6 Å². The van der Waals surface area contributed by atoms with Gasteiger partial charge >= 0.3 is 0 Å². The van der Waals surface area contributed by atoms with Crippen LogP contribution in [0.2, 0.25) is 5.15 Å². The summed E-state index contributed by atoms with van der Waals surface area (Å²) in [6, 6.07) is 6.02. The quantitative estimate of drug-likeness (QED) is 0.934. The highest BCUT2D eigenvalue weighted by atomic mass is 35.5. The Balaban J connectivity index is 2.05. The monoisotopic (exact) mass is 294 g/mol. The van der Waals surface area contributed by atoms with Crippen molar-refractivity contribution in [1.82, 2.24) is 9.78 Å². The molecule has 3 nitrogen and oxygen atoms in total. The average Bonchev–Trinajstić information content (AvgIpc) is 3.07. The highest BCUT2D eigenvalue weighted by Crippen LogP contribution is 2.38. The highest BCUT2D eigenvalue weighted by molar-refractivity contribution is 6.30. The van der Waals surface area contributed by atoms with E-state index in [1.165, 1.54) is 25.0 Å². The Morgan fingerprint density at radius 3 is 2.50 bits per heavy atom. The third kappa shape index (κ3) is 2.34. The van der Waals surface area contributed by atoms with E-state index in [-0.39, 0.29) is 12.4 Å². The molecule has 0 aliphatic heterocycles. The van der Waals surface area contributed by atoms with Gasteiger partial charge in [-0.1, -0.05) is 24.4 Å². The summed E-state index contributed by atoms with van der Waals surface area (Å²) in [7, 11) is 0. The SMILES string of the molecule is OCc1c(C2CCCC2)nn(-c2ccc(F)cc2)c1Cl. The number of benzene rings is 1. The van der Waals surface area contributed by atoms with Gasteiger partial charge in [-0.2, -0.15) is 5.10 Å². The fourth-order valence-corrected chi connectivity index (χ4v) is 3.16. The van der Waals surface area contributed by atoms with Gasteiger partial charge in [-0.15, -0.1) is 0 Å². The van der Waals surface area contributed by atoms with Gasteiger partial charge in [-0.05, 0) is 37.1 Å². The molecule has 1 N–H and O–H groups in total. The molecule has 1 aliphatic rings. The second kappa shape index (κ2) is 5.54. The summed E-state index contributed by atoms with van der Waals surface area (Å²) in [5.74, 6) is 0.0757. The van der Waals surface area contributed by atoms with Crippen LogP contribution < -0.4 is 0 Å². The van der Waals surface area contributed by atoms with Crippen LogP contribution in [0.15, 0.2) is 24.3 Å². The minimum atomic E-state index is -0.296. The smallest absolute Gasteiger partial charge is 0.138 e. The van der Waals surface area contributed by atoms with Crippen LogP contribution in [0.3, 0.4) is 0 Å². The van der Waals surface area contributed by atoms with E-state index in [2.05, 4.69) is 5.10 Å². The molecule has 1 aromatic carbocycles. The lowest BCUT2D eigenvalue weighted by atomic mass is 10.0. The Morgan fingerprint density at radius 1 is 1.25 bits per heavy atom. The minimum absolute atomic E-state index is 0.119. The van der Waals surface area contributed by atoms with Gasteiger partial charge in [0.25, 0.3) is 0 Å². The normalized spacial score (nSPS) is 15.9. The van der Waals surface area contributed by atoms with Gasteiger partial charge in [0, 0.05) is 11.5 Å². The van der Waals surface area contributed by atoms with Crippen LogP contribution in [0.1, 0.15) is 42.9 Å². The summed E-state index contributed by atoms with van der Waals surface area (Å²) in [5.41, 5.74) is 2.29. The fraction of sp³-hybridized carbons (Fsp3) is 0.400. The molecule has 5 heteroatoms. The number of rotatable bonds is 3. The van der Waals surface area contributed by atoms with Crippen LogP contribution in [-0.4, -0.2) is 14.9 Å². The van der Waals surface area contributed by atoms with E-state index < -0.39 is 0 Å². The van der Waals surface area contributed by atoms with Crippen LogP contribution in [0.25, 0.3) is 5.69 Å². The van der Waals surface area contributed by atoms with Crippen molar-refractivity contribution in [2.24, 2.45) is 0 Å². The number of halogens is 2. The molecule has 0 spiro atoms. The van der Waals surface area contributed by atoms with Gasteiger partial charge in [-0.3, -0.25) is 0 Å². The van der Waals surface area contributed by atoms with Crippen LogP contribution in [-0.2, 0) is 6.61 Å². The number of hydrogen-bond acceptors (Lipinski definition) is 2. The molecule has 0 atom stereocenters. The maximum absolute atomic E-state index is 13.0. The molecule has 1 fully saturated rings. The Morgan fingerprint density at radius 2 is 1.90 bits per heavy atom. The molecule has 1 aromatic heterocycles. The van der Waals surface area contributed by atoms with Crippen molar-refractivity contribution in [3.63, 3.8) is 0 Å². The zero-order valence-corrected chi connectivity index (χ0v) is 11.8. The summed E-state index contributed by atoms with van der Waals surface area (Å²) in [6.45, 7) is -0.119. The van der Waals surface area contributed by atoms with E-state index in [0.29, 0.717) is 22.3 Å². The molecule has 0 unspecified atom stereocenters. The molecular formula is C15H16ClFN2O. The van der Waals surface area contributed by atoms with Gasteiger partial charge in [0.05, 0.1) is 18.0 Å². The Bertz CT molecular complexity index is 603. The van der Waals surface area contributed by atoms with E-state index in [9.17, 15) is 9.50 Å². The lowest BCUT2D eigenvalue weighted by Gasteiger charge is -2.06. The number of aliphatic hydroxyl groups excluding tert-OH is 1. The molecule has 2 aromatic rings. The van der Waals surface area contributed by atoms with Gasteiger partial charge in [0.2, 0.25) is 0 Å². The number of aliphatic hydroxyl groups is 1. The third-order valence-corrected chi connectivity index (χ3v) is 4.31. The van der Waals surface area contributed by atoms with E-state index >= 15 is 0 Å². The highest BCUT2D eigenvalue weighted by Gasteiger charge is 2.26. The van der Waals surface area contributed by atoms with E-state index in [0.717, 1.165) is 18.5 Å². The van der Waals surface area contributed by atoms with Gasteiger partial charge in [0.15, 0.2) is 0 Å². The first-order valence-electron chi connectivity index (χ1n) is 6.85. The molecule has 0 amide bonds. The first-order chi connectivity index (χ1) is 9.70. The standard InChI is InChI=1S/C15H16ClFN2O/c16-15-13(9-20)14(10-3-1-2-4-10)18-19(15)12-7-5-11(17)6-8-12/h5-8,10,20H,1-4,9H2. The molecule has 3 rings (SSSR count). The lowest BCUT2D eigenvalue weighted by molar-refractivity contribution is 0.280. The Hall–Kier alpha value is -1.39. The summed E-state index contributed by atoms with van der Waals surface area (Å²) < 4.78 is 14.6. The minimum Gasteiger partial charge on any atom is -0.391 e. The molecule has 0 saturated heterocycles. The van der Waals surface area contributed by atoms with Crippen LogP contribution in [0.5, 0.6) is 0 Å². The summed E-state index contributed by atoms with van der Waals surface area (Å²) >= 11 is 6.33. The Kier molecular flexibility index (Phi) is 3.76. The lowest BCUT2D eigenvalue weighted by Crippen LogP contribution is -2.00. The van der Waals surface area contributed by atoms with Crippen LogP contribution in [0, 0.1) is 5.82 Å². The molecule has 0 bridgehead atoms. The van der Waals surface area contributed by atoms with Crippen LogP contribution >= 0.6 is 11.6 Å². The largest absolute Gasteiger partial charge is 0.391 e. The molecule has 106 valence electrons. The molecule has 1 saturated carbocycles. The van der Waals surface area contributed by atoms with Gasteiger partial charge in [-0.25, -0.2) is 9.07 Å². The number of aromatic nitrogens is 2. The van der Waals surface area contributed by atoms with Gasteiger partial charge in [0.1, 0.15) is 11.0 Å².